The molecule has 6 heteroatoms. The maximum absolute atomic E-state index is 11.2. The van der Waals surface area contributed by atoms with E-state index >= 15 is 0 Å². The minimum Gasteiger partial charge on any atom is -0.478 e. The van der Waals surface area contributed by atoms with Crippen LogP contribution in [-0.4, -0.2) is 16.0 Å². The first-order valence-corrected chi connectivity index (χ1v) is 5.81. The summed E-state index contributed by atoms with van der Waals surface area (Å²) in [6.45, 7) is 5.22. The monoisotopic (exact) mass is 274 g/mol. The Morgan fingerprint density at radius 1 is 1.45 bits per heavy atom. The number of hydrogen-bond donors (Lipinski definition) is 1. The highest BCUT2D eigenvalue weighted by Crippen LogP contribution is 2.29. The van der Waals surface area contributed by atoms with Crippen LogP contribution in [0.4, 0.5) is 5.69 Å². The van der Waals surface area contributed by atoms with Crippen molar-refractivity contribution in [2.24, 2.45) is 5.41 Å². The summed E-state index contributed by atoms with van der Waals surface area (Å²) >= 11 is 0. The number of rotatable bonds is 3. The first-order chi connectivity index (χ1) is 9.16. The highest BCUT2D eigenvalue weighted by atomic mass is 16.6. The van der Waals surface area contributed by atoms with E-state index in [9.17, 15) is 20.0 Å². The molecular formula is C14H14N2O4. The number of aliphatic carboxylic acids is 1. The first-order valence-electron chi connectivity index (χ1n) is 5.81. The summed E-state index contributed by atoms with van der Waals surface area (Å²) in [5.74, 6) is -1.08. The van der Waals surface area contributed by atoms with Crippen LogP contribution in [0.1, 0.15) is 31.9 Å². The van der Waals surface area contributed by atoms with Gasteiger partial charge in [-0.15, -0.1) is 0 Å². The van der Waals surface area contributed by atoms with Crippen LogP contribution in [-0.2, 0) is 4.79 Å². The van der Waals surface area contributed by atoms with Gasteiger partial charge in [-0.1, -0.05) is 26.8 Å². The van der Waals surface area contributed by atoms with E-state index in [0.717, 1.165) is 0 Å². The van der Waals surface area contributed by atoms with Gasteiger partial charge in [0.05, 0.1) is 4.92 Å². The topological polar surface area (TPSA) is 104 Å². The summed E-state index contributed by atoms with van der Waals surface area (Å²) < 4.78 is 0. The molecule has 104 valence electrons. The van der Waals surface area contributed by atoms with Crippen LogP contribution in [0, 0.1) is 26.9 Å². The molecule has 1 N–H and O–H groups in total. The number of nitro benzene ring substituents is 1. The number of carboxylic acid groups (broad SMARTS) is 1. The lowest BCUT2D eigenvalue weighted by molar-refractivity contribution is -0.385. The van der Waals surface area contributed by atoms with E-state index in [0.29, 0.717) is 5.56 Å². The SMILES string of the molecule is CC(C)(C)/C(=C\c1ccc(C#N)c([N+](=O)[O-])c1)C(=O)O. The molecule has 0 fully saturated rings. The number of nitro groups is 1. The molecule has 6 nitrogen and oxygen atoms in total. The Labute approximate surface area is 116 Å². The Hall–Kier alpha value is -2.68. The number of nitrogens with zero attached hydrogens (tertiary/aromatic N) is 2. The van der Waals surface area contributed by atoms with E-state index in [2.05, 4.69) is 0 Å². The van der Waals surface area contributed by atoms with Gasteiger partial charge in [-0.2, -0.15) is 5.26 Å². The predicted octanol–water partition coefficient (Wildman–Crippen LogP) is 2.98. The third-order valence-electron chi connectivity index (χ3n) is 2.69. The minimum absolute atomic E-state index is 0.0558. The molecule has 0 heterocycles. The van der Waals surface area contributed by atoms with Crippen LogP contribution in [0.25, 0.3) is 6.08 Å². The largest absolute Gasteiger partial charge is 0.478 e. The molecule has 0 aromatic heterocycles. The van der Waals surface area contributed by atoms with Crippen molar-refractivity contribution in [3.8, 4) is 6.07 Å². The highest BCUT2D eigenvalue weighted by molar-refractivity contribution is 5.93. The zero-order valence-corrected chi connectivity index (χ0v) is 11.4. The summed E-state index contributed by atoms with van der Waals surface area (Å²) in [4.78, 5) is 21.4. The molecule has 1 aromatic carbocycles. The maximum Gasteiger partial charge on any atom is 0.332 e. The zero-order chi connectivity index (χ0) is 15.5. The van der Waals surface area contributed by atoms with Gasteiger partial charge >= 0.3 is 5.97 Å². The number of hydrogen-bond acceptors (Lipinski definition) is 4. The third-order valence-corrected chi connectivity index (χ3v) is 2.69. The molecule has 0 radical (unpaired) electrons. The molecule has 0 aliphatic heterocycles. The fourth-order valence-electron chi connectivity index (χ4n) is 1.65. The molecule has 20 heavy (non-hydrogen) atoms. The van der Waals surface area contributed by atoms with E-state index < -0.39 is 16.3 Å². The summed E-state index contributed by atoms with van der Waals surface area (Å²) in [5, 5.41) is 28.9. The second-order valence-corrected chi connectivity index (χ2v) is 5.26. The zero-order valence-electron chi connectivity index (χ0n) is 11.4. The predicted molar refractivity (Wildman–Crippen MR) is 72.9 cm³/mol. The molecule has 0 saturated carbocycles. The molecule has 1 rings (SSSR count). The second-order valence-electron chi connectivity index (χ2n) is 5.26. The van der Waals surface area contributed by atoms with E-state index in [1.54, 1.807) is 26.8 Å². The van der Waals surface area contributed by atoms with Gasteiger partial charge in [0.2, 0.25) is 0 Å². The molecule has 1 aromatic rings. The number of nitriles is 1. The molecule has 0 amide bonds. The van der Waals surface area contributed by atoms with Crippen molar-refractivity contribution >= 4 is 17.7 Å². The number of carbonyl (C=O) groups is 1. The van der Waals surface area contributed by atoms with Crippen molar-refractivity contribution in [1.29, 1.82) is 5.26 Å². The molecule has 0 atom stereocenters. The van der Waals surface area contributed by atoms with Crippen LogP contribution in [0.2, 0.25) is 0 Å². The van der Waals surface area contributed by atoms with Gasteiger partial charge < -0.3 is 5.11 Å². The lowest BCUT2D eigenvalue weighted by Gasteiger charge is -2.19. The van der Waals surface area contributed by atoms with E-state index in [1.165, 1.54) is 24.3 Å². The molecular weight excluding hydrogens is 260 g/mol. The van der Waals surface area contributed by atoms with E-state index in [1.807, 2.05) is 0 Å². The maximum atomic E-state index is 11.2. The van der Waals surface area contributed by atoms with Gasteiger partial charge in [-0.25, -0.2) is 4.79 Å². The highest BCUT2D eigenvalue weighted by Gasteiger charge is 2.24. The average Bonchev–Trinajstić information content (AvgIpc) is 2.33. The fourth-order valence-corrected chi connectivity index (χ4v) is 1.65. The Balaban J connectivity index is 3.42. The van der Waals surface area contributed by atoms with Crippen molar-refractivity contribution in [1.82, 2.24) is 0 Å². The Morgan fingerprint density at radius 3 is 2.45 bits per heavy atom. The van der Waals surface area contributed by atoms with Gasteiger partial charge in [0.1, 0.15) is 11.6 Å². The van der Waals surface area contributed by atoms with Gasteiger partial charge in [-0.3, -0.25) is 10.1 Å². The molecule has 0 aliphatic rings. The molecule has 0 aliphatic carbocycles. The smallest absolute Gasteiger partial charge is 0.332 e. The van der Waals surface area contributed by atoms with Crippen LogP contribution >= 0.6 is 0 Å². The van der Waals surface area contributed by atoms with Crippen LogP contribution < -0.4 is 0 Å². The summed E-state index contributed by atoms with van der Waals surface area (Å²) in [7, 11) is 0. The molecule has 0 spiro atoms. The van der Waals surface area contributed by atoms with E-state index in [4.69, 9.17) is 5.26 Å². The number of carboxylic acids is 1. The number of benzene rings is 1. The summed E-state index contributed by atoms with van der Waals surface area (Å²) in [6, 6.07) is 5.73. The van der Waals surface area contributed by atoms with Gasteiger partial charge in [0.25, 0.3) is 5.69 Å². The Kier molecular flexibility index (Phi) is 4.25. The average molecular weight is 274 g/mol. The summed E-state index contributed by atoms with van der Waals surface area (Å²) in [5.41, 5.74) is -0.478. The van der Waals surface area contributed by atoms with Crippen LogP contribution in [0.15, 0.2) is 23.8 Å². The van der Waals surface area contributed by atoms with Crippen molar-refractivity contribution in [3.05, 3.63) is 45.0 Å². The van der Waals surface area contributed by atoms with Gasteiger partial charge in [-0.05, 0) is 23.1 Å². The van der Waals surface area contributed by atoms with Crippen molar-refractivity contribution in [2.75, 3.05) is 0 Å². The van der Waals surface area contributed by atoms with Gasteiger partial charge in [0, 0.05) is 11.6 Å². The van der Waals surface area contributed by atoms with E-state index in [-0.39, 0.29) is 16.8 Å². The molecule has 0 saturated heterocycles. The minimum atomic E-state index is -1.08. The van der Waals surface area contributed by atoms with Crippen LogP contribution in [0.5, 0.6) is 0 Å². The summed E-state index contributed by atoms with van der Waals surface area (Å²) in [6.07, 6.45) is 1.39. The standard InChI is InChI=1S/C14H14N2O4/c1-14(2,3)11(13(17)18)6-9-4-5-10(8-15)12(7-9)16(19)20/h4-7H,1-3H3,(H,17,18)/b11-6-. The van der Waals surface area contributed by atoms with Crippen molar-refractivity contribution in [3.63, 3.8) is 0 Å². The quantitative estimate of drug-likeness (QED) is 0.518. The lowest BCUT2D eigenvalue weighted by Crippen LogP contribution is -2.17. The Bertz CT molecular complexity index is 634. The fraction of sp³-hybridized carbons (Fsp3) is 0.286. The van der Waals surface area contributed by atoms with Crippen LogP contribution in [0.3, 0.4) is 0 Å². The Morgan fingerprint density at radius 2 is 2.05 bits per heavy atom. The van der Waals surface area contributed by atoms with Crippen molar-refractivity contribution < 1.29 is 14.8 Å². The first kappa shape index (κ1) is 15.4. The van der Waals surface area contributed by atoms with Gasteiger partial charge in [0.15, 0.2) is 0 Å². The normalized spacial score (nSPS) is 11.8. The van der Waals surface area contributed by atoms with Crippen molar-refractivity contribution in [2.45, 2.75) is 20.8 Å². The molecule has 0 bridgehead atoms. The lowest BCUT2D eigenvalue weighted by atomic mass is 9.85. The molecule has 0 unspecified atom stereocenters. The second kappa shape index (κ2) is 5.53. The third kappa shape index (κ3) is 3.42.